The Labute approximate surface area is 186 Å². The highest BCUT2D eigenvalue weighted by atomic mass is 16.3. The summed E-state index contributed by atoms with van der Waals surface area (Å²) >= 11 is 0. The number of benzene rings is 1. The lowest BCUT2D eigenvalue weighted by Crippen LogP contribution is -2.58. The smallest absolute Gasteiger partial charge is 0.287 e. The number of nitrogens with zero attached hydrogens (tertiary/aromatic N) is 2. The van der Waals surface area contributed by atoms with E-state index in [1.165, 1.54) is 12.0 Å². The molecule has 8 nitrogen and oxygen atoms in total. The highest BCUT2D eigenvalue weighted by molar-refractivity contribution is 5.95. The molecule has 166 valence electrons. The standard InChI is InChI=1S/C24H27N5O3/c30-22(20-7-4-14-32-20)28-19(15-17-5-2-1-3-6-17)23(31)29-12-9-24(10-13-29)21-18(8-11-27-24)25-16-26-21/h1-7,14,16,19,27H,8-13,15H2,(H,25,26)(H,28,30). The molecule has 0 aliphatic carbocycles. The third kappa shape index (κ3) is 3.93. The molecule has 1 saturated heterocycles. The number of hydrogen-bond acceptors (Lipinski definition) is 5. The van der Waals surface area contributed by atoms with Crippen LogP contribution in [0.15, 0.2) is 59.5 Å². The summed E-state index contributed by atoms with van der Waals surface area (Å²) < 4.78 is 5.22. The molecule has 2 aliphatic heterocycles. The van der Waals surface area contributed by atoms with Gasteiger partial charge in [-0.2, -0.15) is 0 Å². The van der Waals surface area contributed by atoms with Crippen molar-refractivity contribution >= 4 is 11.8 Å². The molecule has 1 fully saturated rings. The lowest BCUT2D eigenvalue weighted by molar-refractivity contribution is -0.135. The van der Waals surface area contributed by atoms with E-state index in [2.05, 4.69) is 20.6 Å². The van der Waals surface area contributed by atoms with Gasteiger partial charge in [-0.05, 0) is 30.5 Å². The van der Waals surface area contributed by atoms with Crippen molar-refractivity contribution in [1.82, 2.24) is 25.5 Å². The van der Waals surface area contributed by atoms with Crippen molar-refractivity contribution in [2.45, 2.75) is 37.3 Å². The predicted octanol–water partition coefficient (Wildman–Crippen LogP) is 2.01. The van der Waals surface area contributed by atoms with Crippen LogP contribution in [-0.2, 0) is 23.2 Å². The molecule has 3 aromatic rings. The number of amides is 2. The van der Waals surface area contributed by atoms with Gasteiger partial charge in [-0.3, -0.25) is 9.59 Å². The number of H-pyrrole nitrogens is 1. The van der Waals surface area contributed by atoms with Crippen LogP contribution >= 0.6 is 0 Å². The highest BCUT2D eigenvalue weighted by Gasteiger charge is 2.43. The molecule has 1 aromatic carbocycles. The second-order valence-corrected chi connectivity index (χ2v) is 8.51. The van der Waals surface area contributed by atoms with Crippen molar-refractivity contribution in [3.05, 3.63) is 77.8 Å². The molecule has 1 atom stereocenters. The summed E-state index contributed by atoms with van der Waals surface area (Å²) in [4.78, 5) is 35.9. The van der Waals surface area contributed by atoms with Gasteiger partial charge in [-0.15, -0.1) is 0 Å². The van der Waals surface area contributed by atoms with Crippen LogP contribution in [-0.4, -0.2) is 52.4 Å². The zero-order chi connectivity index (χ0) is 22.0. The van der Waals surface area contributed by atoms with Crippen molar-refractivity contribution in [1.29, 1.82) is 0 Å². The van der Waals surface area contributed by atoms with Gasteiger partial charge >= 0.3 is 0 Å². The average Bonchev–Trinajstić information content (AvgIpc) is 3.53. The molecule has 0 radical (unpaired) electrons. The molecule has 2 aliphatic rings. The summed E-state index contributed by atoms with van der Waals surface area (Å²) in [5.41, 5.74) is 3.09. The zero-order valence-electron chi connectivity index (χ0n) is 17.8. The van der Waals surface area contributed by atoms with E-state index in [4.69, 9.17) is 4.42 Å². The van der Waals surface area contributed by atoms with Gasteiger partial charge in [0.1, 0.15) is 6.04 Å². The van der Waals surface area contributed by atoms with Gasteiger partial charge in [-0.1, -0.05) is 30.3 Å². The minimum Gasteiger partial charge on any atom is -0.459 e. The van der Waals surface area contributed by atoms with E-state index in [-0.39, 0.29) is 23.1 Å². The Morgan fingerprint density at radius 2 is 1.97 bits per heavy atom. The number of carbonyl (C=O) groups is 2. The van der Waals surface area contributed by atoms with E-state index < -0.39 is 6.04 Å². The van der Waals surface area contributed by atoms with E-state index in [0.29, 0.717) is 19.5 Å². The fourth-order valence-electron chi connectivity index (χ4n) is 4.86. The summed E-state index contributed by atoms with van der Waals surface area (Å²) in [6.07, 6.45) is 6.17. The maximum absolute atomic E-state index is 13.5. The first-order valence-corrected chi connectivity index (χ1v) is 11.1. The van der Waals surface area contributed by atoms with Crippen LogP contribution in [0.3, 0.4) is 0 Å². The molecule has 32 heavy (non-hydrogen) atoms. The number of fused-ring (bicyclic) bond motifs is 2. The zero-order valence-corrected chi connectivity index (χ0v) is 17.8. The van der Waals surface area contributed by atoms with Crippen molar-refractivity contribution < 1.29 is 14.0 Å². The summed E-state index contributed by atoms with van der Waals surface area (Å²) in [5, 5.41) is 6.54. The molecule has 2 amide bonds. The summed E-state index contributed by atoms with van der Waals surface area (Å²) in [6, 6.07) is 12.3. The number of carbonyl (C=O) groups excluding carboxylic acids is 2. The molecular formula is C24H27N5O3. The fraction of sp³-hybridized carbons (Fsp3) is 0.375. The molecule has 0 bridgehead atoms. The second-order valence-electron chi connectivity index (χ2n) is 8.51. The molecule has 4 heterocycles. The Bertz CT molecular complexity index is 1070. The topological polar surface area (TPSA) is 103 Å². The normalized spacial score (nSPS) is 18.2. The van der Waals surface area contributed by atoms with E-state index in [1.54, 1.807) is 18.5 Å². The van der Waals surface area contributed by atoms with Gasteiger partial charge < -0.3 is 24.9 Å². The molecule has 1 spiro atoms. The van der Waals surface area contributed by atoms with Crippen LogP contribution in [0.2, 0.25) is 0 Å². The van der Waals surface area contributed by atoms with Gasteiger partial charge in [0.25, 0.3) is 5.91 Å². The lowest BCUT2D eigenvalue weighted by Gasteiger charge is -2.44. The van der Waals surface area contributed by atoms with Gasteiger partial charge in [0.15, 0.2) is 5.76 Å². The van der Waals surface area contributed by atoms with E-state index in [1.807, 2.05) is 35.2 Å². The number of aromatic nitrogens is 2. The number of hydrogen-bond donors (Lipinski definition) is 3. The van der Waals surface area contributed by atoms with Crippen molar-refractivity contribution in [3.8, 4) is 0 Å². The maximum atomic E-state index is 13.5. The number of nitrogens with one attached hydrogen (secondary N) is 3. The maximum Gasteiger partial charge on any atom is 0.287 e. The number of piperidine rings is 1. The monoisotopic (exact) mass is 433 g/mol. The predicted molar refractivity (Wildman–Crippen MR) is 118 cm³/mol. The van der Waals surface area contributed by atoms with Crippen LogP contribution in [0.4, 0.5) is 0 Å². The Morgan fingerprint density at radius 3 is 2.72 bits per heavy atom. The van der Waals surface area contributed by atoms with Gasteiger partial charge in [0, 0.05) is 38.2 Å². The first-order valence-electron chi connectivity index (χ1n) is 11.1. The molecule has 2 aromatic heterocycles. The van der Waals surface area contributed by atoms with Gasteiger partial charge in [0.2, 0.25) is 5.91 Å². The van der Waals surface area contributed by atoms with Gasteiger partial charge in [0.05, 0.1) is 23.8 Å². The number of imidazole rings is 1. The summed E-state index contributed by atoms with van der Waals surface area (Å²) in [6.45, 7) is 2.12. The van der Waals surface area contributed by atoms with Crippen LogP contribution in [0.5, 0.6) is 0 Å². The largest absolute Gasteiger partial charge is 0.459 e. The van der Waals surface area contributed by atoms with E-state index >= 15 is 0 Å². The third-order valence-corrected chi connectivity index (χ3v) is 6.57. The van der Waals surface area contributed by atoms with Crippen LogP contribution in [0.1, 0.15) is 40.3 Å². The Hall–Kier alpha value is -3.39. The molecule has 3 N–H and O–H groups in total. The molecule has 0 saturated carbocycles. The second kappa shape index (κ2) is 8.63. The molecule has 1 unspecified atom stereocenters. The first-order chi connectivity index (χ1) is 15.6. The average molecular weight is 434 g/mol. The molecule has 8 heteroatoms. The minimum atomic E-state index is -0.663. The van der Waals surface area contributed by atoms with Crippen LogP contribution < -0.4 is 10.6 Å². The van der Waals surface area contributed by atoms with E-state index in [0.717, 1.165) is 37.1 Å². The Balaban J connectivity index is 1.31. The molecular weight excluding hydrogens is 406 g/mol. The van der Waals surface area contributed by atoms with Crippen molar-refractivity contribution in [3.63, 3.8) is 0 Å². The van der Waals surface area contributed by atoms with Crippen LogP contribution in [0, 0.1) is 0 Å². The SMILES string of the molecule is O=C(NC(Cc1ccccc1)C(=O)N1CCC2(CC1)NCCc1[nH]cnc12)c1ccco1. The highest BCUT2D eigenvalue weighted by Crippen LogP contribution is 2.36. The Morgan fingerprint density at radius 1 is 1.16 bits per heavy atom. The van der Waals surface area contributed by atoms with Crippen molar-refractivity contribution in [2.75, 3.05) is 19.6 Å². The quantitative estimate of drug-likeness (QED) is 0.571. The third-order valence-electron chi connectivity index (χ3n) is 6.57. The van der Waals surface area contributed by atoms with Gasteiger partial charge in [-0.25, -0.2) is 4.98 Å². The first kappa shape index (κ1) is 20.5. The Kier molecular flexibility index (Phi) is 5.53. The number of rotatable bonds is 5. The van der Waals surface area contributed by atoms with Crippen LogP contribution in [0.25, 0.3) is 0 Å². The summed E-state index contributed by atoms with van der Waals surface area (Å²) in [5.74, 6) is -0.250. The fourth-order valence-corrected chi connectivity index (χ4v) is 4.86. The molecule has 5 rings (SSSR count). The van der Waals surface area contributed by atoms with E-state index in [9.17, 15) is 9.59 Å². The number of likely N-dealkylation sites (tertiary alicyclic amines) is 1. The summed E-state index contributed by atoms with van der Waals surface area (Å²) in [7, 11) is 0. The van der Waals surface area contributed by atoms with Crippen molar-refractivity contribution in [2.24, 2.45) is 0 Å². The number of furan rings is 1. The number of aromatic amines is 1. The lowest BCUT2D eigenvalue weighted by atomic mass is 9.80. The minimum absolute atomic E-state index is 0.0679.